The van der Waals surface area contributed by atoms with Crippen LogP contribution in [0.5, 0.6) is 0 Å². The normalized spacial score (nSPS) is 21.2. The Bertz CT molecular complexity index is 574. The highest BCUT2D eigenvalue weighted by atomic mass is 16.5. The number of hydrogen-bond donors (Lipinski definition) is 2. The van der Waals surface area contributed by atoms with Crippen LogP contribution in [0.2, 0.25) is 0 Å². The summed E-state index contributed by atoms with van der Waals surface area (Å²) in [5.41, 5.74) is 2.25. The number of carbonyl (C=O) groups is 1. The number of aliphatic hydroxyl groups is 1. The average molecular weight is 348 g/mol. The summed E-state index contributed by atoms with van der Waals surface area (Å²) in [5, 5.41) is 12.3. The number of benzene rings is 1. The van der Waals surface area contributed by atoms with Gasteiger partial charge in [0.2, 0.25) is 0 Å². The topological polar surface area (TPSA) is 61.8 Å². The average Bonchev–Trinajstić information content (AvgIpc) is 2.59. The number of nitrogens with one attached hydrogen (secondary N) is 1. The van der Waals surface area contributed by atoms with Gasteiger partial charge >= 0.3 is 6.03 Å². The van der Waals surface area contributed by atoms with Crippen molar-refractivity contribution in [2.75, 3.05) is 26.3 Å². The molecule has 1 aliphatic rings. The molecule has 2 rings (SSSR count). The molecule has 0 aliphatic carbocycles. The summed E-state index contributed by atoms with van der Waals surface area (Å²) in [6, 6.07) is 8.21. The van der Waals surface area contributed by atoms with E-state index in [9.17, 15) is 9.90 Å². The standard InChI is InChI=1S/C20H32N2O3/c1-15-8-5-6-9-17(15)18-12-22(16(2)13-25-18)19(24)21-11-7-10-20(3,4)14-23/h5-6,8-9,16,18,23H,7,10-14H2,1-4H3,(H,21,24). The Labute approximate surface area is 151 Å². The molecule has 1 aromatic carbocycles. The molecule has 2 amide bonds. The summed E-state index contributed by atoms with van der Waals surface area (Å²) in [5.74, 6) is 0. The quantitative estimate of drug-likeness (QED) is 0.776. The maximum atomic E-state index is 12.6. The Morgan fingerprint density at radius 3 is 2.80 bits per heavy atom. The van der Waals surface area contributed by atoms with Crippen LogP contribution in [0, 0.1) is 12.3 Å². The van der Waals surface area contributed by atoms with Gasteiger partial charge in [-0.3, -0.25) is 0 Å². The van der Waals surface area contributed by atoms with Gasteiger partial charge in [-0.05, 0) is 43.2 Å². The number of carbonyl (C=O) groups excluding carboxylic acids is 1. The number of ether oxygens (including phenoxy) is 1. The van der Waals surface area contributed by atoms with Crippen molar-refractivity contribution in [3.63, 3.8) is 0 Å². The molecule has 5 nitrogen and oxygen atoms in total. The van der Waals surface area contributed by atoms with E-state index in [0.717, 1.165) is 18.4 Å². The smallest absolute Gasteiger partial charge is 0.317 e. The van der Waals surface area contributed by atoms with Gasteiger partial charge in [-0.15, -0.1) is 0 Å². The van der Waals surface area contributed by atoms with E-state index in [2.05, 4.69) is 24.4 Å². The Kier molecular flexibility index (Phi) is 6.85. The lowest BCUT2D eigenvalue weighted by Crippen LogP contribution is -2.52. The van der Waals surface area contributed by atoms with Crippen molar-refractivity contribution in [2.24, 2.45) is 5.41 Å². The van der Waals surface area contributed by atoms with Crippen molar-refractivity contribution < 1.29 is 14.6 Å². The van der Waals surface area contributed by atoms with Crippen molar-refractivity contribution in [1.29, 1.82) is 0 Å². The molecule has 1 heterocycles. The minimum atomic E-state index is -0.0904. The van der Waals surface area contributed by atoms with Crippen LogP contribution in [-0.4, -0.2) is 48.4 Å². The molecular weight excluding hydrogens is 316 g/mol. The van der Waals surface area contributed by atoms with Gasteiger partial charge in [-0.1, -0.05) is 38.1 Å². The summed E-state index contributed by atoms with van der Waals surface area (Å²) < 4.78 is 5.97. The lowest BCUT2D eigenvalue weighted by molar-refractivity contribution is -0.0430. The fraction of sp³-hybridized carbons (Fsp3) is 0.650. The third kappa shape index (κ3) is 5.44. The molecule has 1 aromatic rings. The molecule has 1 fully saturated rings. The summed E-state index contributed by atoms with van der Waals surface area (Å²) >= 11 is 0. The molecule has 0 aromatic heterocycles. The summed E-state index contributed by atoms with van der Waals surface area (Å²) in [4.78, 5) is 14.4. The molecule has 2 atom stereocenters. The van der Waals surface area contributed by atoms with Gasteiger partial charge in [-0.25, -0.2) is 4.79 Å². The fourth-order valence-corrected chi connectivity index (χ4v) is 3.12. The fourth-order valence-electron chi connectivity index (χ4n) is 3.12. The Balaban J connectivity index is 1.89. The number of urea groups is 1. The second-order valence-corrected chi connectivity index (χ2v) is 7.84. The van der Waals surface area contributed by atoms with Crippen LogP contribution in [-0.2, 0) is 4.74 Å². The monoisotopic (exact) mass is 348 g/mol. The first-order chi connectivity index (χ1) is 11.8. The van der Waals surface area contributed by atoms with Gasteiger partial charge in [0.15, 0.2) is 0 Å². The Morgan fingerprint density at radius 1 is 1.40 bits per heavy atom. The molecule has 2 unspecified atom stereocenters. The molecule has 5 heteroatoms. The maximum absolute atomic E-state index is 12.6. The number of aryl methyl sites for hydroxylation is 1. The predicted molar refractivity (Wildman–Crippen MR) is 99.5 cm³/mol. The van der Waals surface area contributed by atoms with Gasteiger partial charge in [-0.2, -0.15) is 0 Å². The molecule has 1 aliphatic heterocycles. The first-order valence-corrected chi connectivity index (χ1v) is 9.16. The number of rotatable bonds is 6. The number of nitrogens with zero attached hydrogens (tertiary/aromatic N) is 1. The number of amides is 2. The lowest BCUT2D eigenvalue weighted by atomic mass is 9.89. The Morgan fingerprint density at radius 2 is 2.12 bits per heavy atom. The third-order valence-corrected chi connectivity index (χ3v) is 4.96. The highest BCUT2D eigenvalue weighted by molar-refractivity contribution is 5.74. The van der Waals surface area contributed by atoms with Gasteiger partial charge < -0.3 is 20.1 Å². The van der Waals surface area contributed by atoms with Crippen LogP contribution >= 0.6 is 0 Å². The van der Waals surface area contributed by atoms with Crippen LogP contribution in [0.25, 0.3) is 0 Å². The summed E-state index contributed by atoms with van der Waals surface area (Å²) in [6.07, 6.45) is 1.67. The van der Waals surface area contributed by atoms with E-state index in [1.54, 1.807) is 0 Å². The molecule has 2 N–H and O–H groups in total. The number of morpholine rings is 1. The maximum Gasteiger partial charge on any atom is 0.317 e. The van der Waals surface area contributed by atoms with Crippen LogP contribution in [0.1, 0.15) is 50.8 Å². The van der Waals surface area contributed by atoms with E-state index in [1.807, 2.05) is 37.8 Å². The van der Waals surface area contributed by atoms with Crippen molar-refractivity contribution in [1.82, 2.24) is 10.2 Å². The van der Waals surface area contributed by atoms with Crippen molar-refractivity contribution in [2.45, 2.75) is 52.7 Å². The highest BCUT2D eigenvalue weighted by Gasteiger charge is 2.31. The van der Waals surface area contributed by atoms with E-state index < -0.39 is 0 Å². The van der Waals surface area contributed by atoms with E-state index in [4.69, 9.17) is 4.74 Å². The first-order valence-electron chi connectivity index (χ1n) is 9.16. The molecule has 25 heavy (non-hydrogen) atoms. The first kappa shape index (κ1) is 19.7. The molecule has 0 saturated carbocycles. The summed E-state index contributed by atoms with van der Waals surface area (Å²) in [6.45, 7) is 10.1. The summed E-state index contributed by atoms with van der Waals surface area (Å²) in [7, 11) is 0. The highest BCUT2D eigenvalue weighted by Crippen LogP contribution is 2.27. The van der Waals surface area contributed by atoms with E-state index in [0.29, 0.717) is 19.7 Å². The lowest BCUT2D eigenvalue weighted by Gasteiger charge is -2.38. The van der Waals surface area contributed by atoms with Gasteiger partial charge in [0, 0.05) is 13.2 Å². The van der Waals surface area contributed by atoms with Crippen molar-refractivity contribution >= 4 is 6.03 Å². The van der Waals surface area contributed by atoms with Crippen molar-refractivity contribution in [3.05, 3.63) is 35.4 Å². The van der Waals surface area contributed by atoms with Crippen LogP contribution in [0.4, 0.5) is 4.79 Å². The minimum Gasteiger partial charge on any atom is -0.396 e. The molecule has 0 spiro atoms. The minimum absolute atomic E-state index is 0.0313. The largest absolute Gasteiger partial charge is 0.396 e. The van der Waals surface area contributed by atoms with Gasteiger partial charge in [0.1, 0.15) is 6.10 Å². The predicted octanol–water partition coefficient (Wildman–Crippen LogP) is 3.27. The van der Waals surface area contributed by atoms with Gasteiger partial charge in [0.05, 0.1) is 19.2 Å². The van der Waals surface area contributed by atoms with E-state index >= 15 is 0 Å². The molecular formula is C20H32N2O3. The van der Waals surface area contributed by atoms with E-state index in [-0.39, 0.29) is 30.2 Å². The van der Waals surface area contributed by atoms with E-state index in [1.165, 1.54) is 5.56 Å². The zero-order valence-electron chi connectivity index (χ0n) is 15.9. The molecule has 1 saturated heterocycles. The Hall–Kier alpha value is -1.59. The molecule has 0 radical (unpaired) electrons. The third-order valence-electron chi connectivity index (χ3n) is 4.96. The van der Waals surface area contributed by atoms with Crippen LogP contribution in [0.15, 0.2) is 24.3 Å². The van der Waals surface area contributed by atoms with Crippen molar-refractivity contribution in [3.8, 4) is 0 Å². The van der Waals surface area contributed by atoms with Crippen LogP contribution < -0.4 is 5.32 Å². The van der Waals surface area contributed by atoms with Gasteiger partial charge in [0.25, 0.3) is 0 Å². The SMILES string of the molecule is Cc1ccccc1C1CN(C(=O)NCCCC(C)(C)CO)C(C)CO1. The molecule has 140 valence electrons. The van der Waals surface area contributed by atoms with Crippen LogP contribution in [0.3, 0.4) is 0 Å². The second-order valence-electron chi connectivity index (χ2n) is 7.84. The second kappa shape index (κ2) is 8.68. The number of hydrogen-bond acceptors (Lipinski definition) is 3. The zero-order chi connectivity index (χ0) is 18.4. The number of aliphatic hydroxyl groups excluding tert-OH is 1. The zero-order valence-corrected chi connectivity index (χ0v) is 15.9. The molecule has 0 bridgehead atoms.